The zero-order chi connectivity index (χ0) is 29.3. The van der Waals surface area contributed by atoms with Crippen LogP contribution in [0.3, 0.4) is 0 Å². The number of methoxy groups -OCH3 is 1. The fourth-order valence-electron chi connectivity index (χ4n) is 5.05. The van der Waals surface area contributed by atoms with Gasteiger partial charge >= 0.3 is 17.9 Å². The lowest BCUT2D eigenvalue weighted by Crippen LogP contribution is -2.35. The first-order chi connectivity index (χ1) is 19.6. The summed E-state index contributed by atoms with van der Waals surface area (Å²) in [5, 5.41) is 0. The molecule has 0 radical (unpaired) electrons. The van der Waals surface area contributed by atoms with Gasteiger partial charge in [-0.05, 0) is 43.3 Å². The molecule has 5 rings (SSSR count). The maximum absolute atomic E-state index is 12.0. The Labute approximate surface area is 237 Å². The fraction of sp³-hybridized carbons (Fsp3) is 0.323. The Kier molecular flexibility index (Phi) is 7.74. The summed E-state index contributed by atoms with van der Waals surface area (Å²) in [5.74, 6) is 1.24. The number of benzene rings is 3. The van der Waals surface area contributed by atoms with E-state index in [0.29, 0.717) is 45.6 Å². The largest absolute Gasteiger partial charge is 0.493 e. The third-order valence-electron chi connectivity index (χ3n) is 6.72. The second kappa shape index (κ2) is 11.4. The summed E-state index contributed by atoms with van der Waals surface area (Å²) in [6.45, 7) is 5.87. The van der Waals surface area contributed by atoms with Gasteiger partial charge < -0.3 is 33.2 Å². The van der Waals surface area contributed by atoms with Gasteiger partial charge in [0.2, 0.25) is 0 Å². The van der Waals surface area contributed by atoms with Crippen LogP contribution in [-0.4, -0.2) is 37.2 Å². The van der Waals surface area contributed by atoms with Gasteiger partial charge in [0.15, 0.2) is 35.2 Å². The molecule has 0 saturated carbocycles. The summed E-state index contributed by atoms with van der Waals surface area (Å²) >= 11 is 0. The van der Waals surface area contributed by atoms with Gasteiger partial charge in [0.05, 0.1) is 7.11 Å². The molecule has 0 unspecified atom stereocenters. The Balaban J connectivity index is 1.46. The van der Waals surface area contributed by atoms with Gasteiger partial charge in [-0.3, -0.25) is 14.4 Å². The van der Waals surface area contributed by atoms with Crippen molar-refractivity contribution in [2.24, 2.45) is 0 Å². The van der Waals surface area contributed by atoms with E-state index in [0.717, 1.165) is 5.56 Å². The first kappa shape index (κ1) is 27.8. The van der Waals surface area contributed by atoms with E-state index in [1.165, 1.54) is 27.9 Å². The zero-order valence-corrected chi connectivity index (χ0v) is 23.3. The highest BCUT2D eigenvalue weighted by Crippen LogP contribution is 2.45. The molecule has 0 saturated heterocycles. The Morgan fingerprint density at radius 2 is 1.39 bits per heavy atom. The van der Waals surface area contributed by atoms with Crippen LogP contribution in [0.5, 0.6) is 34.5 Å². The maximum Gasteiger partial charge on any atom is 0.308 e. The van der Waals surface area contributed by atoms with Crippen molar-refractivity contribution in [2.75, 3.05) is 7.11 Å². The third kappa shape index (κ3) is 5.91. The number of ether oxygens (including phenoxy) is 7. The topological polar surface area (TPSA) is 116 Å². The predicted octanol–water partition coefficient (Wildman–Crippen LogP) is 5.05. The highest BCUT2D eigenvalue weighted by atomic mass is 16.6. The van der Waals surface area contributed by atoms with Gasteiger partial charge in [-0.25, -0.2) is 0 Å². The van der Waals surface area contributed by atoms with Crippen LogP contribution in [-0.2, 0) is 25.5 Å². The van der Waals surface area contributed by atoms with Crippen LogP contribution in [0.15, 0.2) is 54.6 Å². The van der Waals surface area contributed by atoms with Crippen molar-refractivity contribution in [3.63, 3.8) is 0 Å². The second-order valence-corrected chi connectivity index (χ2v) is 9.79. The average Bonchev–Trinajstić information content (AvgIpc) is 2.92. The minimum absolute atomic E-state index is 0.283. The summed E-state index contributed by atoms with van der Waals surface area (Å²) in [6, 6.07) is 15.8. The first-order valence-electron chi connectivity index (χ1n) is 13.1. The smallest absolute Gasteiger partial charge is 0.308 e. The zero-order valence-electron chi connectivity index (χ0n) is 23.3. The van der Waals surface area contributed by atoms with E-state index in [1.807, 2.05) is 13.0 Å². The molecule has 0 bridgehead atoms. The van der Waals surface area contributed by atoms with E-state index < -0.39 is 36.2 Å². The molecule has 41 heavy (non-hydrogen) atoms. The highest BCUT2D eigenvalue weighted by Gasteiger charge is 2.37. The van der Waals surface area contributed by atoms with Gasteiger partial charge in [-0.2, -0.15) is 0 Å². The minimum Gasteiger partial charge on any atom is -0.493 e. The summed E-state index contributed by atoms with van der Waals surface area (Å²) in [6.07, 6.45) is -1.91. The fourth-order valence-corrected chi connectivity index (χ4v) is 5.05. The quantitative estimate of drug-likeness (QED) is 0.298. The molecule has 3 aromatic rings. The summed E-state index contributed by atoms with van der Waals surface area (Å²) in [5.41, 5.74) is 2.11. The van der Waals surface area contributed by atoms with Crippen molar-refractivity contribution < 1.29 is 47.5 Å². The molecule has 2 heterocycles. The molecule has 10 nitrogen and oxygen atoms in total. The molecule has 214 valence electrons. The average molecular weight is 563 g/mol. The molecule has 10 heteroatoms. The number of carbonyl (C=O) groups is 3. The Morgan fingerprint density at radius 3 is 2.10 bits per heavy atom. The van der Waals surface area contributed by atoms with Crippen molar-refractivity contribution in [3.8, 4) is 34.5 Å². The van der Waals surface area contributed by atoms with Gasteiger partial charge in [0.25, 0.3) is 0 Å². The number of carbonyl (C=O) groups excluding carboxylic acids is 3. The number of fused-ring (bicyclic) bond motifs is 2. The van der Waals surface area contributed by atoms with E-state index in [-0.39, 0.29) is 12.5 Å². The van der Waals surface area contributed by atoms with Crippen LogP contribution in [0.4, 0.5) is 0 Å². The van der Waals surface area contributed by atoms with Crippen LogP contribution in [0.1, 0.15) is 56.6 Å². The molecule has 2 aliphatic rings. The molecular formula is C31H30O10. The minimum atomic E-state index is -0.688. The number of esters is 3. The van der Waals surface area contributed by atoms with Crippen LogP contribution in [0, 0.1) is 0 Å². The second-order valence-electron chi connectivity index (χ2n) is 9.79. The lowest BCUT2D eigenvalue weighted by molar-refractivity contribution is -0.152. The first-order valence-corrected chi connectivity index (χ1v) is 13.1. The Morgan fingerprint density at radius 1 is 0.707 bits per heavy atom. The van der Waals surface area contributed by atoms with Crippen LogP contribution in [0.2, 0.25) is 0 Å². The lowest BCUT2D eigenvalue weighted by Gasteiger charge is -2.36. The van der Waals surface area contributed by atoms with Gasteiger partial charge in [0.1, 0.15) is 23.7 Å². The van der Waals surface area contributed by atoms with Gasteiger partial charge in [-0.1, -0.05) is 18.2 Å². The standard InChI is InChI=1S/C31H30O10/c1-16-30(20-9-11-25(38-18(3)33)27(13-20)35-5)41-28-14-21(10-12-26(28)36-16)31-29(39-19(4)34)15-22-23(37-17(2)32)7-6-8-24(22)40-31/h6-14,16,29-31H,15H2,1-5H3/t16-,29+,30+,31-/m1/s1. The molecule has 0 spiro atoms. The molecular weight excluding hydrogens is 532 g/mol. The summed E-state index contributed by atoms with van der Waals surface area (Å²) in [7, 11) is 1.49. The van der Waals surface area contributed by atoms with E-state index in [2.05, 4.69) is 0 Å². The van der Waals surface area contributed by atoms with Crippen molar-refractivity contribution >= 4 is 17.9 Å². The molecule has 0 amide bonds. The van der Waals surface area contributed by atoms with E-state index in [9.17, 15) is 14.4 Å². The van der Waals surface area contributed by atoms with Crippen LogP contribution >= 0.6 is 0 Å². The van der Waals surface area contributed by atoms with Crippen LogP contribution < -0.4 is 28.4 Å². The Hall–Kier alpha value is -4.73. The lowest BCUT2D eigenvalue weighted by atomic mass is 9.93. The molecule has 4 atom stereocenters. The van der Waals surface area contributed by atoms with Crippen molar-refractivity contribution in [1.29, 1.82) is 0 Å². The molecule has 0 aromatic heterocycles. The molecule has 0 aliphatic carbocycles. The van der Waals surface area contributed by atoms with Crippen molar-refractivity contribution in [2.45, 2.75) is 58.5 Å². The monoisotopic (exact) mass is 562 g/mol. The maximum atomic E-state index is 12.0. The van der Waals surface area contributed by atoms with E-state index in [1.54, 1.807) is 48.5 Å². The number of rotatable bonds is 6. The number of hydrogen-bond acceptors (Lipinski definition) is 10. The molecule has 0 fully saturated rings. The van der Waals surface area contributed by atoms with Crippen molar-refractivity contribution in [3.05, 3.63) is 71.3 Å². The van der Waals surface area contributed by atoms with E-state index >= 15 is 0 Å². The highest BCUT2D eigenvalue weighted by molar-refractivity contribution is 5.71. The summed E-state index contributed by atoms with van der Waals surface area (Å²) in [4.78, 5) is 35.1. The van der Waals surface area contributed by atoms with E-state index in [4.69, 9.17) is 33.2 Å². The van der Waals surface area contributed by atoms with Gasteiger partial charge in [-0.15, -0.1) is 0 Å². The predicted molar refractivity (Wildman–Crippen MR) is 145 cm³/mol. The number of hydrogen-bond donors (Lipinski definition) is 0. The molecule has 2 aliphatic heterocycles. The summed E-state index contributed by atoms with van der Waals surface area (Å²) < 4.78 is 40.6. The van der Waals surface area contributed by atoms with Crippen molar-refractivity contribution in [1.82, 2.24) is 0 Å². The normalized spacial score (nSPS) is 20.6. The molecule has 0 N–H and O–H groups in total. The molecule has 3 aromatic carbocycles. The van der Waals surface area contributed by atoms with Crippen LogP contribution in [0.25, 0.3) is 0 Å². The van der Waals surface area contributed by atoms with Gasteiger partial charge in [0, 0.05) is 43.9 Å². The third-order valence-corrected chi connectivity index (χ3v) is 6.72. The Bertz CT molecular complexity index is 1500. The SMILES string of the molecule is COc1cc([C@H]2Oc3cc([C@H]4Oc5cccc(OC(C)=O)c5C[C@@H]4OC(C)=O)ccc3O[C@@H]2C)ccc1OC(C)=O.